The van der Waals surface area contributed by atoms with Crippen LogP contribution in [0.1, 0.15) is 30.2 Å². The Bertz CT molecular complexity index is 1050. The number of nitrogens with zero attached hydrogens (tertiary/aromatic N) is 3. The number of benzene rings is 2. The van der Waals surface area contributed by atoms with Gasteiger partial charge < -0.3 is 9.84 Å². The summed E-state index contributed by atoms with van der Waals surface area (Å²) in [6, 6.07) is 9.58. The molecule has 32 heavy (non-hydrogen) atoms. The molecule has 1 amide bonds. The molecule has 2 heterocycles. The summed E-state index contributed by atoms with van der Waals surface area (Å²) in [5.41, 5.74) is 0.638. The van der Waals surface area contributed by atoms with E-state index in [1.165, 1.54) is 30.3 Å². The number of rotatable bonds is 7. The number of likely N-dealkylation sites (tertiary alicyclic amines) is 1. The minimum absolute atomic E-state index is 0.00856. The fourth-order valence-corrected chi connectivity index (χ4v) is 3.88. The lowest BCUT2D eigenvalue weighted by Gasteiger charge is -2.30. The van der Waals surface area contributed by atoms with Gasteiger partial charge in [0.1, 0.15) is 17.5 Å². The standard InChI is InChI=1S/C23H23F3N4O2/c24-17-8-6-15(7-9-17)22-28-23(32-29-22)16-3-2-12-30(13-16)14-21(31)27-11-10-18-19(25)4-1-5-20(18)26/h1,4-9,16H,2-3,10-14H2,(H,27,31). The van der Waals surface area contributed by atoms with E-state index in [4.69, 9.17) is 4.52 Å². The Morgan fingerprint density at radius 3 is 2.62 bits per heavy atom. The zero-order chi connectivity index (χ0) is 22.5. The van der Waals surface area contributed by atoms with Crippen LogP contribution in [0.4, 0.5) is 13.2 Å². The van der Waals surface area contributed by atoms with Gasteiger partial charge in [0.2, 0.25) is 17.6 Å². The van der Waals surface area contributed by atoms with Gasteiger partial charge in [-0.15, -0.1) is 0 Å². The Hall–Kier alpha value is -3.20. The van der Waals surface area contributed by atoms with Gasteiger partial charge in [0.15, 0.2) is 0 Å². The van der Waals surface area contributed by atoms with Crippen molar-refractivity contribution in [2.75, 3.05) is 26.2 Å². The minimum Gasteiger partial charge on any atom is -0.355 e. The molecule has 1 fully saturated rings. The normalized spacial score (nSPS) is 16.8. The minimum atomic E-state index is -0.613. The summed E-state index contributed by atoms with van der Waals surface area (Å²) in [5.74, 6) is -0.890. The van der Waals surface area contributed by atoms with E-state index in [1.54, 1.807) is 12.1 Å². The van der Waals surface area contributed by atoms with E-state index >= 15 is 0 Å². The molecule has 1 aliphatic rings. The Morgan fingerprint density at radius 1 is 1.12 bits per heavy atom. The average Bonchev–Trinajstić information content (AvgIpc) is 3.27. The molecule has 4 rings (SSSR count). The highest BCUT2D eigenvalue weighted by atomic mass is 19.1. The zero-order valence-electron chi connectivity index (χ0n) is 17.4. The molecule has 0 saturated carbocycles. The topological polar surface area (TPSA) is 71.3 Å². The Balaban J connectivity index is 1.28. The van der Waals surface area contributed by atoms with Gasteiger partial charge in [-0.2, -0.15) is 4.98 Å². The molecule has 0 aliphatic carbocycles. The third kappa shape index (κ3) is 5.34. The molecule has 1 unspecified atom stereocenters. The van der Waals surface area contributed by atoms with Crippen LogP contribution >= 0.6 is 0 Å². The van der Waals surface area contributed by atoms with Gasteiger partial charge >= 0.3 is 0 Å². The molecule has 0 bridgehead atoms. The number of hydrogen-bond acceptors (Lipinski definition) is 5. The maximum atomic E-state index is 13.7. The predicted molar refractivity (Wildman–Crippen MR) is 111 cm³/mol. The van der Waals surface area contributed by atoms with Crippen LogP contribution in [-0.4, -0.2) is 47.1 Å². The van der Waals surface area contributed by atoms with Crippen LogP contribution in [0.3, 0.4) is 0 Å². The lowest BCUT2D eigenvalue weighted by atomic mass is 9.98. The summed E-state index contributed by atoms with van der Waals surface area (Å²) in [6.07, 6.45) is 1.81. The average molecular weight is 444 g/mol. The smallest absolute Gasteiger partial charge is 0.234 e. The van der Waals surface area contributed by atoms with E-state index in [9.17, 15) is 18.0 Å². The van der Waals surface area contributed by atoms with E-state index in [-0.39, 0.29) is 42.7 Å². The number of nitrogens with one attached hydrogen (secondary N) is 1. The van der Waals surface area contributed by atoms with Crippen molar-refractivity contribution >= 4 is 5.91 Å². The Labute approximate surface area is 183 Å². The highest BCUT2D eigenvalue weighted by molar-refractivity contribution is 5.78. The largest absolute Gasteiger partial charge is 0.355 e. The van der Waals surface area contributed by atoms with Crippen LogP contribution in [0.5, 0.6) is 0 Å². The molecule has 6 nitrogen and oxygen atoms in total. The van der Waals surface area contributed by atoms with Crippen LogP contribution in [0.15, 0.2) is 47.0 Å². The first kappa shape index (κ1) is 22.0. The van der Waals surface area contributed by atoms with Crippen molar-refractivity contribution in [3.8, 4) is 11.4 Å². The fourth-order valence-electron chi connectivity index (χ4n) is 3.88. The van der Waals surface area contributed by atoms with Crippen molar-refractivity contribution in [2.24, 2.45) is 0 Å². The molecule has 1 aromatic heterocycles. The molecule has 1 aliphatic heterocycles. The SMILES string of the molecule is O=C(CN1CCCC(c2nc(-c3ccc(F)cc3)no2)C1)NCCc1c(F)cccc1F. The van der Waals surface area contributed by atoms with Crippen LogP contribution in [0, 0.1) is 17.5 Å². The maximum Gasteiger partial charge on any atom is 0.234 e. The summed E-state index contributed by atoms with van der Waals surface area (Å²) in [4.78, 5) is 18.8. The van der Waals surface area contributed by atoms with Crippen molar-refractivity contribution in [1.82, 2.24) is 20.4 Å². The first-order valence-electron chi connectivity index (χ1n) is 10.5. The quantitative estimate of drug-likeness (QED) is 0.602. The summed E-state index contributed by atoms with van der Waals surface area (Å²) in [6.45, 7) is 1.67. The maximum absolute atomic E-state index is 13.7. The molecule has 1 N–H and O–H groups in total. The van der Waals surface area contributed by atoms with Crippen molar-refractivity contribution < 1.29 is 22.5 Å². The lowest BCUT2D eigenvalue weighted by Crippen LogP contribution is -2.42. The van der Waals surface area contributed by atoms with Gasteiger partial charge in [-0.05, 0) is 62.2 Å². The number of hydrogen-bond donors (Lipinski definition) is 1. The molecule has 3 aromatic rings. The molecule has 168 valence electrons. The third-order valence-corrected chi connectivity index (χ3v) is 5.52. The lowest BCUT2D eigenvalue weighted by molar-refractivity contribution is -0.122. The van der Waals surface area contributed by atoms with E-state index in [2.05, 4.69) is 15.5 Å². The molecular weight excluding hydrogens is 421 g/mol. The monoisotopic (exact) mass is 444 g/mol. The molecule has 0 spiro atoms. The number of piperidine rings is 1. The van der Waals surface area contributed by atoms with Gasteiger partial charge in [-0.1, -0.05) is 11.2 Å². The second kappa shape index (κ2) is 9.95. The predicted octanol–water partition coefficient (Wildman–Crippen LogP) is 3.69. The fraction of sp³-hybridized carbons (Fsp3) is 0.348. The van der Waals surface area contributed by atoms with Gasteiger partial charge in [0, 0.05) is 24.2 Å². The van der Waals surface area contributed by atoms with E-state index in [0.717, 1.165) is 19.4 Å². The Kier molecular flexibility index (Phi) is 6.84. The van der Waals surface area contributed by atoms with E-state index in [1.807, 2.05) is 4.90 Å². The van der Waals surface area contributed by atoms with Crippen LogP contribution < -0.4 is 5.32 Å². The molecule has 1 atom stereocenters. The number of aromatic nitrogens is 2. The summed E-state index contributed by atoms with van der Waals surface area (Å²) >= 11 is 0. The molecule has 0 radical (unpaired) electrons. The van der Waals surface area contributed by atoms with E-state index < -0.39 is 11.6 Å². The number of carbonyl (C=O) groups is 1. The van der Waals surface area contributed by atoms with E-state index in [0.29, 0.717) is 23.8 Å². The van der Waals surface area contributed by atoms with Crippen molar-refractivity contribution in [3.63, 3.8) is 0 Å². The highest BCUT2D eigenvalue weighted by Gasteiger charge is 2.27. The molecule has 2 aromatic carbocycles. The number of halogens is 3. The summed E-state index contributed by atoms with van der Waals surface area (Å²) < 4.78 is 45.9. The molecule has 9 heteroatoms. The number of carbonyl (C=O) groups excluding carboxylic acids is 1. The van der Waals surface area contributed by atoms with Crippen molar-refractivity contribution in [3.05, 3.63) is 71.4 Å². The molecular formula is C23H23F3N4O2. The van der Waals surface area contributed by atoms with Crippen LogP contribution in [0.2, 0.25) is 0 Å². The van der Waals surface area contributed by atoms with Gasteiger partial charge in [-0.3, -0.25) is 9.69 Å². The Morgan fingerprint density at radius 2 is 1.88 bits per heavy atom. The van der Waals surface area contributed by atoms with Crippen molar-refractivity contribution in [1.29, 1.82) is 0 Å². The number of amides is 1. The van der Waals surface area contributed by atoms with Crippen LogP contribution in [-0.2, 0) is 11.2 Å². The first-order chi connectivity index (χ1) is 15.5. The second-order valence-electron chi connectivity index (χ2n) is 7.84. The first-order valence-corrected chi connectivity index (χ1v) is 10.5. The zero-order valence-corrected chi connectivity index (χ0v) is 17.4. The summed E-state index contributed by atoms with van der Waals surface area (Å²) in [5, 5.41) is 6.71. The van der Waals surface area contributed by atoms with Gasteiger partial charge in [0.05, 0.1) is 12.5 Å². The molecule has 1 saturated heterocycles. The highest BCUT2D eigenvalue weighted by Crippen LogP contribution is 2.27. The van der Waals surface area contributed by atoms with Gasteiger partial charge in [-0.25, -0.2) is 13.2 Å². The third-order valence-electron chi connectivity index (χ3n) is 5.52. The van der Waals surface area contributed by atoms with Crippen LogP contribution in [0.25, 0.3) is 11.4 Å². The summed E-state index contributed by atoms with van der Waals surface area (Å²) in [7, 11) is 0. The van der Waals surface area contributed by atoms with Gasteiger partial charge in [0.25, 0.3) is 0 Å². The second-order valence-corrected chi connectivity index (χ2v) is 7.84. The van der Waals surface area contributed by atoms with Crippen molar-refractivity contribution in [2.45, 2.75) is 25.2 Å².